The van der Waals surface area contributed by atoms with Crippen LogP contribution in [0, 0.1) is 0 Å². The Morgan fingerprint density at radius 3 is 2.33 bits per heavy atom. The van der Waals surface area contributed by atoms with E-state index in [9.17, 15) is 0 Å². The van der Waals surface area contributed by atoms with Gasteiger partial charge in [-0.3, -0.25) is 0 Å². The van der Waals surface area contributed by atoms with Crippen molar-refractivity contribution < 1.29 is 20.4 Å². The minimum atomic E-state index is -2.35. The molecule has 0 rings (SSSR count). The van der Waals surface area contributed by atoms with E-state index < -0.39 is 5.97 Å². The highest BCUT2D eigenvalue weighted by Gasteiger charge is 2.22. The molecule has 0 aromatic rings. The predicted octanol–water partition coefficient (Wildman–Crippen LogP) is 0.305. The van der Waals surface area contributed by atoms with Gasteiger partial charge in [-0.2, -0.15) is 4.89 Å². The second-order valence-corrected chi connectivity index (χ2v) is 1.94. The summed E-state index contributed by atoms with van der Waals surface area (Å²) in [6.07, 6.45) is 1.46. The van der Waals surface area contributed by atoms with Crippen LogP contribution in [0.5, 0.6) is 0 Å². The molecule has 0 amide bonds. The van der Waals surface area contributed by atoms with Crippen molar-refractivity contribution in [3.8, 4) is 0 Å². The molecule has 0 heterocycles. The Balaban J connectivity index is 3.33. The standard InChI is InChI=1S/C5H12O4/c1-2-3-4-5(6,7)9-8/h6-8H,2-4H2,1H3. The van der Waals surface area contributed by atoms with E-state index in [-0.39, 0.29) is 6.42 Å². The summed E-state index contributed by atoms with van der Waals surface area (Å²) in [5, 5.41) is 24.9. The van der Waals surface area contributed by atoms with Gasteiger partial charge in [-0.1, -0.05) is 13.3 Å². The first-order valence-electron chi connectivity index (χ1n) is 2.89. The first-order chi connectivity index (χ1) is 4.12. The second kappa shape index (κ2) is 3.79. The van der Waals surface area contributed by atoms with Crippen molar-refractivity contribution in [1.29, 1.82) is 0 Å². The summed E-state index contributed by atoms with van der Waals surface area (Å²) in [7, 11) is 0. The van der Waals surface area contributed by atoms with E-state index in [1.807, 2.05) is 6.92 Å². The molecule has 0 aliphatic rings. The molecule has 0 spiro atoms. The number of hydrogen-bond donors (Lipinski definition) is 3. The highest BCUT2D eigenvalue weighted by atomic mass is 17.2. The Bertz CT molecular complexity index is 71.4. The predicted molar refractivity (Wildman–Crippen MR) is 30.4 cm³/mol. The fraction of sp³-hybridized carbons (Fsp3) is 1.00. The lowest BCUT2D eigenvalue weighted by Crippen LogP contribution is -2.30. The minimum absolute atomic E-state index is 0.0278. The first-order valence-corrected chi connectivity index (χ1v) is 2.89. The van der Waals surface area contributed by atoms with Crippen LogP contribution in [-0.2, 0) is 4.89 Å². The van der Waals surface area contributed by atoms with Gasteiger partial charge in [0.2, 0.25) is 0 Å². The minimum Gasteiger partial charge on any atom is -0.342 e. The lowest BCUT2D eigenvalue weighted by Gasteiger charge is -2.15. The van der Waals surface area contributed by atoms with E-state index in [1.54, 1.807) is 0 Å². The highest BCUT2D eigenvalue weighted by Crippen LogP contribution is 2.09. The molecule has 0 radical (unpaired) electrons. The van der Waals surface area contributed by atoms with Gasteiger partial charge in [0.15, 0.2) is 0 Å². The zero-order valence-corrected chi connectivity index (χ0v) is 5.37. The average molecular weight is 136 g/mol. The maximum Gasteiger partial charge on any atom is 0.306 e. The van der Waals surface area contributed by atoms with E-state index in [4.69, 9.17) is 15.5 Å². The van der Waals surface area contributed by atoms with Crippen LogP contribution < -0.4 is 0 Å². The molecule has 9 heavy (non-hydrogen) atoms. The van der Waals surface area contributed by atoms with E-state index in [0.29, 0.717) is 6.42 Å². The zero-order chi connectivity index (χ0) is 7.33. The molecule has 0 bridgehead atoms. The second-order valence-electron chi connectivity index (χ2n) is 1.94. The molecule has 0 atom stereocenters. The molecule has 0 saturated heterocycles. The van der Waals surface area contributed by atoms with Crippen LogP contribution in [0.1, 0.15) is 26.2 Å². The topological polar surface area (TPSA) is 69.9 Å². The number of hydrogen-bond acceptors (Lipinski definition) is 4. The highest BCUT2D eigenvalue weighted by molar-refractivity contribution is 4.46. The van der Waals surface area contributed by atoms with Crippen LogP contribution in [0.4, 0.5) is 0 Å². The molecular weight excluding hydrogens is 124 g/mol. The first kappa shape index (κ1) is 8.84. The zero-order valence-electron chi connectivity index (χ0n) is 5.37. The van der Waals surface area contributed by atoms with Crippen LogP contribution in [0.3, 0.4) is 0 Å². The summed E-state index contributed by atoms with van der Waals surface area (Å²) in [5.74, 6) is -2.35. The van der Waals surface area contributed by atoms with Crippen LogP contribution in [0.15, 0.2) is 0 Å². The van der Waals surface area contributed by atoms with Gasteiger partial charge >= 0.3 is 5.97 Å². The Labute approximate surface area is 53.6 Å². The molecule has 3 N–H and O–H groups in total. The molecular formula is C5H12O4. The lowest BCUT2D eigenvalue weighted by molar-refractivity contribution is -0.471. The van der Waals surface area contributed by atoms with Crippen molar-refractivity contribution in [2.75, 3.05) is 0 Å². The monoisotopic (exact) mass is 136 g/mol. The van der Waals surface area contributed by atoms with Gasteiger partial charge in [-0.05, 0) is 6.42 Å². The SMILES string of the molecule is CCCCC(O)(O)OO. The third kappa shape index (κ3) is 4.35. The van der Waals surface area contributed by atoms with Crippen LogP contribution in [0.2, 0.25) is 0 Å². The third-order valence-electron chi connectivity index (χ3n) is 1.00. The molecule has 0 unspecified atom stereocenters. The van der Waals surface area contributed by atoms with Crippen molar-refractivity contribution in [2.24, 2.45) is 0 Å². The van der Waals surface area contributed by atoms with Gasteiger partial charge in [0, 0.05) is 6.42 Å². The van der Waals surface area contributed by atoms with Crippen molar-refractivity contribution in [2.45, 2.75) is 32.2 Å². The van der Waals surface area contributed by atoms with E-state index in [2.05, 4.69) is 4.89 Å². The van der Waals surface area contributed by atoms with E-state index >= 15 is 0 Å². The van der Waals surface area contributed by atoms with Gasteiger partial charge in [0.25, 0.3) is 0 Å². The molecule has 0 aromatic heterocycles. The van der Waals surface area contributed by atoms with Gasteiger partial charge in [-0.15, -0.1) is 0 Å². The normalized spacial score (nSPS) is 12.0. The summed E-state index contributed by atoms with van der Waals surface area (Å²) >= 11 is 0. The van der Waals surface area contributed by atoms with Crippen molar-refractivity contribution in [1.82, 2.24) is 0 Å². The number of unbranched alkanes of at least 4 members (excludes halogenated alkanes) is 1. The fourth-order valence-corrected chi connectivity index (χ4v) is 0.453. The lowest BCUT2D eigenvalue weighted by atomic mass is 10.2. The quantitative estimate of drug-likeness (QED) is 0.295. The van der Waals surface area contributed by atoms with E-state index in [1.165, 1.54) is 0 Å². The van der Waals surface area contributed by atoms with Crippen molar-refractivity contribution in [3.05, 3.63) is 0 Å². The molecule has 56 valence electrons. The molecule has 0 aliphatic heterocycles. The van der Waals surface area contributed by atoms with Crippen LogP contribution in [0.25, 0.3) is 0 Å². The maximum atomic E-state index is 8.54. The summed E-state index contributed by atoms with van der Waals surface area (Å²) in [6, 6.07) is 0. The molecule has 0 fully saturated rings. The molecule has 4 heteroatoms. The molecule has 4 nitrogen and oxygen atoms in total. The largest absolute Gasteiger partial charge is 0.342 e. The van der Waals surface area contributed by atoms with Crippen molar-refractivity contribution in [3.63, 3.8) is 0 Å². The Morgan fingerprint density at radius 1 is 1.44 bits per heavy atom. The third-order valence-corrected chi connectivity index (χ3v) is 1.00. The van der Waals surface area contributed by atoms with Gasteiger partial charge in [0.05, 0.1) is 0 Å². The Hall–Kier alpha value is -0.160. The van der Waals surface area contributed by atoms with Gasteiger partial charge in [-0.25, -0.2) is 5.26 Å². The fourth-order valence-electron chi connectivity index (χ4n) is 0.453. The van der Waals surface area contributed by atoms with Crippen LogP contribution >= 0.6 is 0 Å². The molecule has 0 aliphatic carbocycles. The van der Waals surface area contributed by atoms with Crippen molar-refractivity contribution >= 4 is 0 Å². The average Bonchev–Trinajstić information content (AvgIpc) is 1.84. The number of rotatable bonds is 4. The Kier molecular flexibility index (Phi) is 3.72. The number of aliphatic hydroxyl groups is 2. The van der Waals surface area contributed by atoms with Gasteiger partial charge in [0.1, 0.15) is 0 Å². The summed E-state index contributed by atoms with van der Waals surface area (Å²) < 4.78 is 0. The summed E-state index contributed by atoms with van der Waals surface area (Å²) in [5.41, 5.74) is 0. The molecule has 0 aromatic carbocycles. The van der Waals surface area contributed by atoms with E-state index in [0.717, 1.165) is 6.42 Å². The smallest absolute Gasteiger partial charge is 0.306 e. The Morgan fingerprint density at radius 2 is 2.00 bits per heavy atom. The summed E-state index contributed by atoms with van der Waals surface area (Å²) in [4.78, 5) is 3.35. The summed E-state index contributed by atoms with van der Waals surface area (Å²) in [6.45, 7) is 1.90. The molecule has 0 saturated carbocycles. The maximum absolute atomic E-state index is 8.54. The van der Waals surface area contributed by atoms with Gasteiger partial charge < -0.3 is 10.2 Å². The van der Waals surface area contributed by atoms with Crippen LogP contribution in [-0.4, -0.2) is 21.4 Å².